The minimum absolute atomic E-state index is 0.00971. The third-order valence-corrected chi connectivity index (χ3v) is 5.10. The second-order valence-electron chi connectivity index (χ2n) is 5.29. The number of halogens is 1. The highest BCUT2D eigenvalue weighted by molar-refractivity contribution is 7.83. The van der Waals surface area contributed by atoms with Crippen LogP contribution in [-0.2, 0) is 19.8 Å². The molecule has 1 aliphatic carbocycles. The van der Waals surface area contributed by atoms with E-state index in [2.05, 4.69) is 0 Å². The van der Waals surface area contributed by atoms with Crippen molar-refractivity contribution in [2.45, 2.75) is 38.0 Å². The Bertz CT molecular complexity index is 605. The van der Waals surface area contributed by atoms with Gasteiger partial charge < -0.3 is 9.47 Å². The van der Waals surface area contributed by atoms with Gasteiger partial charge in [0, 0.05) is 23.7 Å². The van der Waals surface area contributed by atoms with Crippen LogP contribution in [0.25, 0.3) is 0 Å². The van der Waals surface area contributed by atoms with Crippen LogP contribution in [0.1, 0.15) is 31.4 Å². The highest BCUT2D eigenvalue weighted by Gasteiger charge is 2.43. The lowest BCUT2D eigenvalue weighted by Gasteiger charge is -2.32. The Balaban J connectivity index is 2.33. The Kier molecular flexibility index (Phi) is 5.81. The van der Waals surface area contributed by atoms with Gasteiger partial charge in [-0.25, -0.2) is 0 Å². The van der Waals surface area contributed by atoms with E-state index < -0.39 is 22.4 Å². The summed E-state index contributed by atoms with van der Waals surface area (Å²) >= 11 is 6.20. The molecule has 22 heavy (non-hydrogen) atoms. The lowest BCUT2D eigenvalue weighted by atomic mass is 10.0. The quantitative estimate of drug-likeness (QED) is 0.576. The maximum Gasteiger partial charge on any atom is 0.336 e. The second kappa shape index (κ2) is 7.25. The Labute approximate surface area is 135 Å². The van der Waals surface area contributed by atoms with Gasteiger partial charge in [-0.1, -0.05) is 29.8 Å². The summed E-state index contributed by atoms with van der Waals surface area (Å²) in [6.07, 6.45) is 0.809. The molecule has 0 spiro atoms. The molecule has 2 atom stereocenters. The number of benzene rings is 1. The summed E-state index contributed by atoms with van der Waals surface area (Å²) in [5.41, 5.74) is 0.656. The van der Waals surface area contributed by atoms with Crippen molar-refractivity contribution in [3.8, 4) is 0 Å². The third kappa shape index (κ3) is 4.18. The first-order valence-corrected chi connectivity index (χ1v) is 8.74. The molecular formula is C14H20ClNO5S. The zero-order valence-corrected chi connectivity index (χ0v) is 14.0. The first-order valence-electron chi connectivity index (χ1n) is 6.97. The van der Waals surface area contributed by atoms with E-state index in [-0.39, 0.29) is 12.8 Å². The number of ether oxygens (including phenoxy) is 2. The van der Waals surface area contributed by atoms with Crippen LogP contribution < -0.4 is 0 Å². The predicted molar refractivity (Wildman–Crippen MR) is 83.0 cm³/mol. The average Bonchev–Trinajstić information content (AvgIpc) is 3.24. The third-order valence-electron chi connectivity index (χ3n) is 3.59. The monoisotopic (exact) mass is 349 g/mol. The maximum atomic E-state index is 11.7. The fourth-order valence-electron chi connectivity index (χ4n) is 2.53. The molecule has 0 aliphatic heterocycles. The number of hydrogen-bond acceptors (Lipinski definition) is 4. The van der Waals surface area contributed by atoms with Gasteiger partial charge in [-0.05, 0) is 25.8 Å². The highest BCUT2D eigenvalue weighted by atomic mass is 35.5. The summed E-state index contributed by atoms with van der Waals surface area (Å²) in [4.78, 5) is 0. The smallest absolute Gasteiger partial charge is 0.336 e. The van der Waals surface area contributed by atoms with Gasteiger partial charge in [0.25, 0.3) is 0 Å². The van der Waals surface area contributed by atoms with Gasteiger partial charge in [-0.2, -0.15) is 12.7 Å². The summed E-state index contributed by atoms with van der Waals surface area (Å²) in [6.45, 7) is 1.68. The average molecular weight is 350 g/mol. The van der Waals surface area contributed by atoms with E-state index >= 15 is 0 Å². The molecule has 1 aliphatic rings. The number of hydrogen-bond donors (Lipinski definition) is 1. The van der Waals surface area contributed by atoms with E-state index in [4.69, 9.17) is 21.1 Å². The van der Waals surface area contributed by atoms with Crippen molar-refractivity contribution in [3.63, 3.8) is 0 Å². The predicted octanol–water partition coefficient (Wildman–Crippen LogP) is 2.66. The Morgan fingerprint density at radius 3 is 2.55 bits per heavy atom. The molecule has 0 radical (unpaired) electrons. The van der Waals surface area contributed by atoms with Gasteiger partial charge in [-0.3, -0.25) is 4.55 Å². The molecule has 1 saturated carbocycles. The summed E-state index contributed by atoms with van der Waals surface area (Å²) in [5, 5.41) is 0.474. The Hall–Kier alpha value is -0.700. The van der Waals surface area contributed by atoms with Crippen molar-refractivity contribution < 1.29 is 22.4 Å². The second-order valence-corrected chi connectivity index (χ2v) is 7.02. The molecule has 0 unspecified atom stereocenters. The van der Waals surface area contributed by atoms with Crippen LogP contribution in [0.4, 0.5) is 0 Å². The standard InChI is InChI=1S/C14H20ClNO5S/c1-10(16(11-7-8-11)22(17,18)19)14(21-9-20-2)12-5-3-4-6-13(12)15/h3-6,10-11,14H,7-9H2,1-2H3,(H,17,18,19)/t10-,14+/m0/s1. The van der Waals surface area contributed by atoms with E-state index in [1.807, 2.05) is 0 Å². The van der Waals surface area contributed by atoms with Crippen LogP contribution in [0.2, 0.25) is 5.02 Å². The fraction of sp³-hybridized carbons (Fsp3) is 0.571. The maximum absolute atomic E-state index is 11.7. The molecule has 2 rings (SSSR count). The Morgan fingerprint density at radius 2 is 2.05 bits per heavy atom. The minimum atomic E-state index is -4.32. The molecule has 1 aromatic carbocycles. The molecule has 124 valence electrons. The van der Waals surface area contributed by atoms with Gasteiger partial charge in [0.05, 0.1) is 6.04 Å². The fourth-order valence-corrected chi connectivity index (χ4v) is 3.89. The first kappa shape index (κ1) is 17.7. The van der Waals surface area contributed by atoms with Crippen LogP contribution in [0, 0.1) is 0 Å². The lowest BCUT2D eigenvalue weighted by molar-refractivity contribution is -0.0923. The van der Waals surface area contributed by atoms with Gasteiger partial charge >= 0.3 is 10.3 Å². The van der Waals surface area contributed by atoms with E-state index in [9.17, 15) is 13.0 Å². The summed E-state index contributed by atoms with van der Waals surface area (Å²) in [5.74, 6) is 0. The zero-order chi connectivity index (χ0) is 16.3. The van der Waals surface area contributed by atoms with Crippen molar-refractivity contribution in [1.82, 2.24) is 4.31 Å². The zero-order valence-electron chi connectivity index (χ0n) is 12.5. The molecule has 0 saturated heterocycles. The van der Waals surface area contributed by atoms with Crippen molar-refractivity contribution in [2.24, 2.45) is 0 Å². The normalized spacial score (nSPS) is 18.4. The number of nitrogens with zero attached hydrogens (tertiary/aromatic N) is 1. The van der Waals surface area contributed by atoms with Crippen LogP contribution in [0.5, 0.6) is 0 Å². The molecule has 1 aromatic rings. The largest absolute Gasteiger partial charge is 0.359 e. The van der Waals surface area contributed by atoms with E-state index in [1.54, 1.807) is 31.2 Å². The summed E-state index contributed by atoms with van der Waals surface area (Å²) in [6, 6.07) is 6.26. The van der Waals surface area contributed by atoms with Crippen molar-refractivity contribution in [3.05, 3.63) is 34.9 Å². The number of rotatable bonds is 8. The van der Waals surface area contributed by atoms with Gasteiger partial charge in [0.2, 0.25) is 0 Å². The van der Waals surface area contributed by atoms with Crippen molar-refractivity contribution >= 4 is 21.9 Å². The molecular weight excluding hydrogens is 330 g/mol. The van der Waals surface area contributed by atoms with E-state index in [1.165, 1.54) is 7.11 Å². The van der Waals surface area contributed by atoms with Gasteiger partial charge in [-0.15, -0.1) is 0 Å². The van der Waals surface area contributed by atoms with Crippen LogP contribution in [-0.4, -0.2) is 43.3 Å². The molecule has 0 amide bonds. The van der Waals surface area contributed by atoms with Crippen LogP contribution in [0.15, 0.2) is 24.3 Å². The van der Waals surface area contributed by atoms with Gasteiger partial charge in [0.1, 0.15) is 12.9 Å². The molecule has 1 fully saturated rings. The molecule has 6 nitrogen and oxygen atoms in total. The van der Waals surface area contributed by atoms with Crippen molar-refractivity contribution in [1.29, 1.82) is 0 Å². The van der Waals surface area contributed by atoms with Crippen LogP contribution >= 0.6 is 11.6 Å². The number of methoxy groups -OCH3 is 1. The molecule has 0 aromatic heterocycles. The Morgan fingerprint density at radius 1 is 1.41 bits per heavy atom. The van der Waals surface area contributed by atoms with Crippen LogP contribution in [0.3, 0.4) is 0 Å². The van der Waals surface area contributed by atoms with Gasteiger partial charge in [0.15, 0.2) is 0 Å². The first-order chi connectivity index (χ1) is 10.4. The minimum Gasteiger partial charge on any atom is -0.359 e. The topological polar surface area (TPSA) is 76.1 Å². The molecule has 0 heterocycles. The summed E-state index contributed by atoms with van der Waals surface area (Å²) in [7, 11) is -2.84. The SMILES string of the molecule is COCO[C@@H](c1ccccc1Cl)[C@H](C)N(C1CC1)S(=O)(=O)O. The molecule has 0 bridgehead atoms. The summed E-state index contributed by atoms with van der Waals surface area (Å²) < 4.78 is 44.6. The van der Waals surface area contributed by atoms with E-state index in [0.29, 0.717) is 10.6 Å². The molecule has 1 N–H and O–H groups in total. The molecule has 8 heteroatoms. The van der Waals surface area contributed by atoms with E-state index in [0.717, 1.165) is 17.1 Å². The highest BCUT2D eigenvalue weighted by Crippen LogP contribution is 2.37. The van der Waals surface area contributed by atoms with Crippen molar-refractivity contribution in [2.75, 3.05) is 13.9 Å². The lowest BCUT2D eigenvalue weighted by Crippen LogP contribution is -2.44.